The zero-order valence-corrected chi connectivity index (χ0v) is 14.1. The van der Waals surface area contributed by atoms with Gasteiger partial charge in [0.1, 0.15) is 5.75 Å². The van der Waals surface area contributed by atoms with Crippen LogP contribution < -0.4 is 26.4 Å². The molecule has 0 fully saturated rings. The molecule has 132 valence electrons. The first kappa shape index (κ1) is 19.4. The predicted octanol–water partition coefficient (Wildman–Crippen LogP) is -0.151. The van der Waals surface area contributed by atoms with Gasteiger partial charge in [-0.3, -0.25) is 14.4 Å². The standard InChI is InChI=1S/C16H24N4O4/c1-10(2)15(17)16(23)19-8-13(21)20-11-4-6-12(7-5-11)24-9-14(22)18-3/h4-7,10,15H,8-9,17H2,1-3H3,(H,18,22)(H,19,23)(H,20,21)/t15-/m0/s1. The van der Waals surface area contributed by atoms with E-state index in [0.717, 1.165) is 0 Å². The largest absolute Gasteiger partial charge is 0.484 e. The zero-order valence-electron chi connectivity index (χ0n) is 14.1. The van der Waals surface area contributed by atoms with Crippen LogP contribution in [0.5, 0.6) is 5.75 Å². The SMILES string of the molecule is CNC(=O)COc1ccc(NC(=O)CNC(=O)[C@@H](N)C(C)C)cc1. The monoisotopic (exact) mass is 336 g/mol. The Morgan fingerprint density at radius 1 is 1.12 bits per heavy atom. The molecule has 3 amide bonds. The number of anilines is 1. The minimum atomic E-state index is -0.644. The molecule has 0 aliphatic rings. The molecular weight excluding hydrogens is 312 g/mol. The number of ether oxygens (including phenoxy) is 1. The Labute approximate surface area is 141 Å². The van der Waals surface area contributed by atoms with E-state index in [1.165, 1.54) is 7.05 Å². The summed E-state index contributed by atoms with van der Waals surface area (Å²) >= 11 is 0. The number of carbonyl (C=O) groups excluding carboxylic acids is 3. The summed E-state index contributed by atoms with van der Waals surface area (Å²) in [7, 11) is 1.52. The van der Waals surface area contributed by atoms with E-state index >= 15 is 0 Å². The van der Waals surface area contributed by atoms with Crippen LogP contribution in [0, 0.1) is 5.92 Å². The van der Waals surface area contributed by atoms with Crippen molar-refractivity contribution in [2.45, 2.75) is 19.9 Å². The highest BCUT2D eigenvalue weighted by Gasteiger charge is 2.17. The Morgan fingerprint density at radius 2 is 1.75 bits per heavy atom. The highest BCUT2D eigenvalue weighted by Crippen LogP contribution is 2.15. The summed E-state index contributed by atoms with van der Waals surface area (Å²) in [5, 5.41) is 7.57. The van der Waals surface area contributed by atoms with Gasteiger partial charge < -0.3 is 26.4 Å². The van der Waals surface area contributed by atoms with Crippen LogP contribution >= 0.6 is 0 Å². The molecule has 0 saturated heterocycles. The summed E-state index contributed by atoms with van der Waals surface area (Å²) in [4.78, 5) is 34.5. The molecule has 0 spiro atoms. The van der Waals surface area contributed by atoms with Gasteiger partial charge in [-0.2, -0.15) is 0 Å². The number of likely N-dealkylation sites (N-methyl/N-ethyl adjacent to an activating group) is 1. The lowest BCUT2D eigenvalue weighted by Gasteiger charge is -2.15. The van der Waals surface area contributed by atoms with Crippen LogP contribution in [-0.4, -0.2) is 44.0 Å². The minimum Gasteiger partial charge on any atom is -0.484 e. The second-order valence-corrected chi connectivity index (χ2v) is 5.52. The lowest BCUT2D eigenvalue weighted by atomic mass is 10.1. The van der Waals surface area contributed by atoms with E-state index in [2.05, 4.69) is 16.0 Å². The Morgan fingerprint density at radius 3 is 2.29 bits per heavy atom. The molecule has 0 aliphatic heterocycles. The molecular formula is C16H24N4O4. The molecule has 0 aromatic heterocycles. The van der Waals surface area contributed by atoms with Gasteiger partial charge in [0.15, 0.2) is 6.61 Å². The smallest absolute Gasteiger partial charge is 0.257 e. The van der Waals surface area contributed by atoms with Crippen molar-refractivity contribution in [1.82, 2.24) is 10.6 Å². The third-order valence-electron chi connectivity index (χ3n) is 3.23. The maximum atomic E-state index is 11.8. The summed E-state index contributed by atoms with van der Waals surface area (Å²) in [6.07, 6.45) is 0. The van der Waals surface area contributed by atoms with Crippen molar-refractivity contribution < 1.29 is 19.1 Å². The number of nitrogens with one attached hydrogen (secondary N) is 3. The van der Waals surface area contributed by atoms with Crippen molar-refractivity contribution in [2.75, 3.05) is 25.5 Å². The van der Waals surface area contributed by atoms with Gasteiger partial charge >= 0.3 is 0 Å². The fourth-order valence-corrected chi connectivity index (χ4v) is 1.65. The Balaban J connectivity index is 2.42. The third-order valence-corrected chi connectivity index (χ3v) is 3.23. The number of hydrogen-bond acceptors (Lipinski definition) is 5. The molecule has 1 atom stereocenters. The minimum absolute atomic E-state index is 0.00426. The number of amides is 3. The fourth-order valence-electron chi connectivity index (χ4n) is 1.65. The highest BCUT2D eigenvalue weighted by atomic mass is 16.5. The van der Waals surface area contributed by atoms with Gasteiger partial charge in [-0.15, -0.1) is 0 Å². The first-order valence-electron chi connectivity index (χ1n) is 7.60. The van der Waals surface area contributed by atoms with Crippen LogP contribution in [0.4, 0.5) is 5.69 Å². The van der Waals surface area contributed by atoms with Gasteiger partial charge in [-0.25, -0.2) is 0 Å². The van der Waals surface area contributed by atoms with Crippen molar-refractivity contribution >= 4 is 23.4 Å². The number of nitrogens with two attached hydrogens (primary N) is 1. The molecule has 0 bridgehead atoms. The van der Waals surface area contributed by atoms with E-state index in [-0.39, 0.29) is 36.8 Å². The zero-order chi connectivity index (χ0) is 18.1. The van der Waals surface area contributed by atoms with Crippen LogP contribution in [0.25, 0.3) is 0 Å². The van der Waals surface area contributed by atoms with E-state index in [1.54, 1.807) is 24.3 Å². The average Bonchev–Trinajstić information content (AvgIpc) is 2.57. The number of benzene rings is 1. The molecule has 8 nitrogen and oxygen atoms in total. The van der Waals surface area contributed by atoms with Gasteiger partial charge in [-0.1, -0.05) is 13.8 Å². The molecule has 0 heterocycles. The van der Waals surface area contributed by atoms with Gasteiger partial charge in [-0.05, 0) is 30.2 Å². The van der Waals surface area contributed by atoms with Crippen LogP contribution in [0.2, 0.25) is 0 Å². The van der Waals surface area contributed by atoms with Crippen LogP contribution in [0.15, 0.2) is 24.3 Å². The molecule has 0 aliphatic carbocycles. The van der Waals surface area contributed by atoms with Gasteiger partial charge in [0.2, 0.25) is 11.8 Å². The first-order valence-corrected chi connectivity index (χ1v) is 7.60. The second kappa shape index (κ2) is 9.51. The number of rotatable bonds is 8. The van der Waals surface area contributed by atoms with Crippen molar-refractivity contribution in [3.8, 4) is 5.75 Å². The van der Waals surface area contributed by atoms with E-state index < -0.39 is 6.04 Å². The first-order chi connectivity index (χ1) is 11.3. The van der Waals surface area contributed by atoms with Crippen molar-refractivity contribution in [1.29, 1.82) is 0 Å². The maximum absolute atomic E-state index is 11.8. The summed E-state index contributed by atoms with van der Waals surface area (Å²) in [5.74, 6) is -0.456. The van der Waals surface area contributed by atoms with Gasteiger partial charge in [0.05, 0.1) is 12.6 Å². The summed E-state index contributed by atoms with van der Waals surface area (Å²) in [6, 6.07) is 5.89. The quantitative estimate of drug-likeness (QED) is 0.526. The molecule has 24 heavy (non-hydrogen) atoms. The fraction of sp³-hybridized carbons (Fsp3) is 0.438. The van der Waals surface area contributed by atoms with Gasteiger partial charge in [0.25, 0.3) is 5.91 Å². The summed E-state index contributed by atoms with van der Waals surface area (Å²) < 4.78 is 5.25. The molecule has 1 rings (SSSR count). The van der Waals surface area contributed by atoms with E-state index in [4.69, 9.17) is 10.5 Å². The Bertz CT molecular complexity index is 572. The van der Waals surface area contributed by atoms with Crippen molar-refractivity contribution in [3.05, 3.63) is 24.3 Å². The third kappa shape index (κ3) is 6.66. The molecule has 0 unspecified atom stereocenters. The second-order valence-electron chi connectivity index (χ2n) is 5.52. The van der Waals surface area contributed by atoms with Crippen LogP contribution in [0.3, 0.4) is 0 Å². The van der Waals surface area contributed by atoms with Gasteiger partial charge in [0, 0.05) is 12.7 Å². The van der Waals surface area contributed by atoms with Crippen LogP contribution in [0.1, 0.15) is 13.8 Å². The molecule has 1 aromatic carbocycles. The molecule has 8 heteroatoms. The highest BCUT2D eigenvalue weighted by molar-refractivity contribution is 5.95. The topological polar surface area (TPSA) is 123 Å². The Hall–Kier alpha value is -2.61. The molecule has 1 aromatic rings. The van der Waals surface area contributed by atoms with Crippen molar-refractivity contribution in [2.24, 2.45) is 11.7 Å². The van der Waals surface area contributed by atoms with E-state index in [1.807, 2.05) is 13.8 Å². The van der Waals surface area contributed by atoms with Crippen molar-refractivity contribution in [3.63, 3.8) is 0 Å². The van der Waals surface area contributed by atoms with E-state index in [9.17, 15) is 14.4 Å². The number of hydrogen-bond donors (Lipinski definition) is 4. The number of carbonyl (C=O) groups is 3. The summed E-state index contributed by atoms with van der Waals surface area (Å²) in [5.41, 5.74) is 6.24. The molecule has 0 saturated carbocycles. The lowest BCUT2D eigenvalue weighted by Crippen LogP contribution is -2.46. The Kier molecular flexibility index (Phi) is 7.70. The normalized spacial score (nSPS) is 11.5. The lowest BCUT2D eigenvalue weighted by molar-refractivity contribution is -0.125. The summed E-state index contributed by atoms with van der Waals surface area (Å²) in [6.45, 7) is 3.43. The molecule has 0 radical (unpaired) electrons. The van der Waals surface area contributed by atoms with E-state index in [0.29, 0.717) is 11.4 Å². The molecule has 5 N–H and O–H groups in total. The average molecular weight is 336 g/mol. The van der Waals surface area contributed by atoms with Crippen LogP contribution in [-0.2, 0) is 14.4 Å². The maximum Gasteiger partial charge on any atom is 0.257 e. The predicted molar refractivity (Wildman–Crippen MR) is 90.5 cm³/mol.